The molecule has 1 aromatic carbocycles. The van der Waals surface area contributed by atoms with Gasteiger partial charge in [0.05, 0.1) is 6.54 Å². The van der Waals surface area contributed by atoms with Gasteiger partial charge in [-0.05, 0) is 31.7 Å². The zero-order valence-electron chi connectivity index (χ0n) is 16.2. The lowest BCUT2D eigenvalue weighted by Gasteiger charge is -2.34. The van der Waals surface area contributed by atoms with Crippen molar-refractivity contribution in [2.24, 2.45) is 10.9 Å². The summed E-state index contributed by atoms with van der Waals surface area (Å²) >= 11 is 6.16. The number of rotatable bonds is 7. The topological polar surface area (TPSA) is 59.9 Å². The van der Waals surface area contributed by atoms with E-state index in [-0.39, 0.29) is 6.54 Å². The maximum absolute atomic E-state index is 10.4. The van der Waals surface area contributed by atoms with Crippen molar-refractivity contribution in [2.75, 3.05) is 32.7 Å². The molecule has 1 aliphatic rings. The van der Waals surface area contributed by atoms with Crippen LogP contribution in [0, 0.1) is 5.92 Å². The molecule has 0 saturated carbocycles. The van der Waals surface area contributed by atoms with Gasteiger partial charge in [0.2, 0.25) is 0 Å². The minimum absolute atomic E-state index is 0.283. The molecule has 5 nitrogen and oxygen atoms in total. The first kappa shape index (κ1) is 21.0. The lowest BCUT2D eigenvalue weighted by Crippen LogP contribution is -2.49. The van der Waals surface area contributed by atoms with Gasteiger partial charge in [-0.25, -0.2) is 0 Å². The Morgan fingerprint density at radius 1 is 1.31 bits per heavy atom. The van der Waals surface area contributed by atoms with Gasteiger partial charge in [0, 0.05) is 42.8 Å². The quantitative estimate of drug-likeness (QED) is 0.502. The highest BCUT2D eigenvalue weighted by atomic mass is 35.5. The lowest BCUT2D eigenvalue weighted by molar-refractivity contribution is 0.184. The molecule has 1 fully saturated rings. The molecule has 0 aromatic heterocycles. The zero-order chi connectivity index (χ0) is 18.9. The molecule has 26 heavy (non-hydrogen) atoms. The smallest absolute Gasteiger partial charge is 0.191 e. The number of aliphatic hydroxyl groups excluding tert-OH is 1. The van der Waals surface area contributed by atoms with E-state index in [0.29, 0.717) is 17.0 Å². The van der Waals surface area contributed by atoms with Crippen molar-refractivity contribution >= 4 is 17.6 Å². The number of hydrogen-bond donors (Lipinski definition) is 3. The Morgan fingerprint density at radius 3 is 2.62 bits per heavy atom. The molecular weight excluding hydrogens is 348 g/mol. The molecule has 2 rings (SSSR count). The zero-order valence-corrected chi connectivity index (χ0v) is 17.0. The molecule has 6 heteroatoms. The van der Waals surface area contributed by atoms with Gasteiger partial charge in [0.1, 0.15) is 6.10 Å². The average molecular weight is 381 g/mol. The van der Waals surface area contributed by atoms with E-state index in [2.05, 4.69) is 34.4 Å². The van der Waals surface area contributed by atoms with E-state index in [9.17, 15) is 5.11 Å². The summed E-state index contributed by atoms with van der Waals surface area (Å²) in [5, 5.41) is 17.8. The molecule has 146 valence electrons. The molecule has 0 spiro atoms. The van der Waals surface area contributed by atoms with E-state index in [1.807, 2.05) is 25.1 Å². The third-order valence-electron chi connectivity index (χ3n) is 4.58. The maximum atomic E-state index is 10.4. The largest absolute Gasteiger partial charge is 0.386 e. The number of aliphatic imine (C=N–C) groups is 1. The first-order valence-electron chi connectivity index (χ1n) is 9.69. The third-order valence-corrected chi connectivity index (χ3v) is 4.93. The van der Waals surface area contributed by atoms with Gasteiger partial charge in [0.15, 0.2) is 5.96 Å². The maximum Gasteiger partial charge on any atom is 0.191 e. The summed E-state index contributed by atoms with van der Waals surface area (Å²) in [6, 6.07) is 7.79. The average Bonchev–Trinajstić information content (AvgIpc) is 2.61. The summed E-state index contributed by atoms with van der Waals surface area (Å²) in [6.07, 6.45) is 1.53. The molecule has 1 unspecified atom stereocenters. The molecule has 0 bridgehead atoms. The van der Waals surface area contributed by atoms with E-state index in [1.54, 1.807) is 6.07 Å². The van der Waals surface area contributed by atoms with Gasteiger partial charge >= 0.3 is 0 Å². The van der Waals surface area contributed by atoms with Gasteiger partial charge in [-0.15, -0.1) is 0 Å². The van der Waals surface area contributed by atoms with Crippen LogP contribution in [0.1, 0.15) is 45.3 Å². The number of halogens is 1. The van der Waals surface area contributed by atoms with Crippen molar-refractivity contribution in [1.29, 1.82) is 0 Å². The predicted octanol–water partition coefficient (Wildman–Crippen LogP) is 3.05. The standard InChI is InChI=1S/C20H33ClN4O/c1-4-22-20(23-13-19(26)17-7-5-6-8-18(17)21)24-16-9-11-25(12-10-16)14-15(2)3/h5-8,15-16,19,26H,4,9-14H2,1-3H3,(H2,22,23,24). The van der Waals surface area contributed by atoms with E-state index in [1.165, 1.54) is 6.54 Å². The number of nitrogens with one attached hydrogen (secondary N) is 2. The number of nitrogens with zero attached hydrogens (tertiary/aromatic N) is 2. The van der Waals surface area contributed by atoms with Crippen LogP contribution in [-0.4, -0.2) is 54.7 Å². The van der Waals surface area contributed by atoms with Crippen LogP contribution < -0.4 is 10.6 Å². The van der Waals surface area contributed by atoms with Crippen LogP contribution in [0.3, 0.4) is 0 Å². The highest BCUT2D eigenvalue weighted by Gasteiger charge is 2.20. The van der Waals surface area contributed by atoms with E-state index < -0.39 is 6.10 Å². The van der Waals surface area contributed by atoms with Crippen molar-refractivity contribution in [3.8, 4) is 0 Å². The Labute approximate surface area is 162 Å². The minimum atomic E-state index is -0.702. The van der Waals surface area contributed by atoms with E-state index in [0.717, 1.165) is 44.0 Å². The second kappa shape index (κ2) is 10.8. The summed E-state index contributed by atoms with van der Waals surface area (Å²) < 4.78 is 0. The number of aliphatic hydroxyl groups is 1. The van der Waals surface area contributed by atoms with Gasteiger partial charge in [-0.1, -0.05) is 43.6 Å². The Balaban J connectivity index is 1.88. The Hall–Kier alpha value is -1.30. The second-order valence-electron chi connectivity index (χ2n) is 7.37. The number of guanidine groups is 1. The van der Waals surface area contributed by atoms with Gasteiger partial charge < -0.3 is 20.6 Å². The molecule has 3 N–H and O–H groups in total. The van der Waals surface area contributed by atoms with Crippen molar-refractivity contribution in [3.63, 3.8) is 0 Å². The van der Waals surface area contributed by atoms with Crippen molar-refractivity contribution < 1.29 is 5.11 Å². The van der Waals surface area contributed by atoms with Gasteiger partial charge in [0.25, 0.3) is 0 Å². The Bertz CT molecular complexity index is 571. The fourth-order valence-corrected chi connectivity index (χ4v) is 3.57. The van der Waals surface area contributed by atoms with E-state index >= 15 is 0 Å². The van der Waals surface area contributed by atoms with Crippen LogP contribution in [0.4, 0.5) is 0 Å². The molecule has 1 aliphatic heterocycles. The SMILES string of the molecule is CCNC(=NCC(O)c1ccccc1Cl)NC1CCN(CC(C)C)CC1. The lowest BCUT2D eigenvalue weighted by atomic mass is 10.0. The summed E-state index contributed by atoms with van der Waals surface area (Å²) in [4.78, 5) is 7.10. The minimum Gasteiger partial charge on any atom is -0.386 e. The highest BCUT2D eigenvalue weighted by molar-refractivity contribution is 6.31. The highest BCUT2D eigenvalue weighted by Crippen LogP contribution is 2.22. The first-order valence-corrected chi connectivity index (χ1v) is 10.1. The van der Waals surface area contributed by atoms with Crippen molar-refractivity contribution in [3.05, 3.63) is 34.9 Å². The van der Waals surface area contributed by atoms with Gasteiger partial charge in [-0.3, -0.25) is 4.99 Å². The summed E-state index contributed by atoms with van der Waals surface area (Å²) in [5.41, 5.74) is 0.718. The molecule has 1 saturated heterocycles. The molecule has 1 heterocycles. The predicted molar refractivity (Wildman–Crippen MR) is 110 cm³/mol. The third kappa shape index (κ3) is 6.78. The van der Waals surface area contributed by atoms with Crippen LogP contribution in [0.25, 0.3) is 0 Å². The fourth-order valence-electron chi connectivity index (χ4n) is 3.31. The monoisotopic (exact) mass is 380 g/mol. The Kier molecular flexibility index (Phi) is 8.69. The van der Waals surface area contributed by atoms with Crippen LogP contribution in [0.15, 0.2) is 29.3 Å². The molecular formula is C20H33ClN4O. The van der Waals surface area contributed by atoms with Crippen LogP contribution in [0.2, 0.25) is 5.02 Å². The number of likely N-dealkylation sites (tertiary alicyclic amines) is 1. The fraction of sp³-hybridized carbons (Fsp3) is 0.650. The van der Waals surface area contributed by atoms with Crippen LogP contribution in [-0.2, 0) is 0 Å². The summed E-state index contributed by atoms with van der Waals surface area (Å²) in [7, 11) is 0. The molecule has 1 aromatic rings. The molecule has 0 aliphatic carbocycles. The van der Waals surface area contributed by atoms with E-state index in [4.69, 9.17) is 11.6 Å². The Morgan fingerprint density at radius 2 is 2.00 bits per heavy atom. The summed E-state index contributed by atoms with van der Waals surface area (Å²) in [6.45, 7) is 11.1. The second-order valence-corrected chi connectivity index (χ2v) is 7.78. The number of benzene rings is 1. The summed E-state index contributed by atoms with van der Waals surface area (Å²) in [5.74, 6) is 1.48. The number of piperidine rings is 1. The molecule has 0 amide bonds. The first-order chi connectivity index (χ1) is 12.5. The van der Waals surface area contributed by atoms with Crippen molar-refractivity contribution in [1.82, 2.24) is 15.5 Å². The van der Waals surface area contributed by atoms with Crippen LogP contribution in [0.5, 0.6) is 0 Å². The van der Waals surface area contributed by atoms with Gasteiger partial charge in [-0.2, -0.15) is 0 Å². The number of hydrogen-bond acceptors (Lipinski definition) is 3. The van der Waals surface area contributed by atoms with Crippen LogP contribution >= 0.6 is 11.6 Å². The molecule has 0 radical (unpaired) electrons. The van der Waals surface area contributed by atoms with Crippen molar-refractivity contribution in [2.45, 2.75) is 45.8 Å². The molecule has 1 atom stereocenters. The normalized spacial score (nSPS) is 18.2.